The lowest BCUT2D eigenvalue weighted by atomic mass is 10.1. The maximum absolute atomic E-state index is 12.6. The zero-order valence-corrected chi connectivity index (χ0v) is 16.3. The average Bonchev–Trinajstić information content (AvgIpc) is 3.23. The molecule has 0 aliphatic rings. The molecule has 2 aromatic carbocycles. The van der Waals surface area contributed by atoms with Gasteiger partial charge in [-0.3, -0.25) is 4.79 Å². The predicted octanol–water partition coefficient (Wildman–Crippen LogP) is 3.87. The topological polar surface area (TPSA) is 86.8 Å². The van der Waals surface area contributed by atoms with Gasteiger partial charge in [-0.2, -0.15) is 0 Å². The number of carbonyl (C=O) groups excluding carboxylic acids is 2. The fourth-order valence-electron chi connectivity index (χ4n) is 2.62. The summed E-state index contributed by atoms with van der Waals surface area (Å²) < 4.78 is 15.5. The SMILES string of the molecule is COC(=O)c1ccccc1NC(=O)c1csc(-c2cccc(OC)c2OC)n1. The number of para-hydroxylation sites is 2. The van der Waals surface area contributed by atoms with Crippen molar-refractivity contribution in [3.05, 3.63) is 59.1 Å². The van der Waals surface area contributed by atoms with Crippen LogP contribution in [0.25, 0.3) is 10.6 Å². The number of hydrogen-bond acceptors (Lipinski definition) is 7. The second-order valence-corrected chi connectivity index (χ2v) is 6.43. The molecule has 1 aromatic heterocycles. The summed E-state index contributed by atoms with van der Waals surface area (Å²) in [5.41, 5.74) is 1.57. The van der Waals surface area contributed by atoms with Crippen molar-refractivity contribution in [2.75, 3.05) is 26.6 Å². The highest BCUT2D eigenvalue weighted by Crippen LogP contribution is 2.39. The molecule has 0 bridgehead atoms. The van der Waals surface area contributed by atoms with Crippen LogP contribution in [-0.2, 0) is 4.74 Å². The molecule has 0 spiro atoms. The Morgan fingerprint density at radius 2 is 1.79 bits per heavy atom. The van der Waals surface area contributed by atoms with Crippen molar-refractivity contribution in [2.24, 2.45) is 0 Å². The van der Waals surface area contributed by atoms with Crippen LogP contribution in [0.5, 0.6) is 11.5 Å². The number of esters is 1. The molecule has 3 rings (SSSR count). The minimum atomic E-state index is -0.531. The van der Waals surface area contributed by atoms with E-state index in [4.69, 9.17) is 14.2 Å². The quantitative estimate of drug-likeness (QED) is 0.635. The molecule has 8 heteroatoms. The van der Waals surface area contributed by atoms with Gasteiger partial charge in [0.15, 0.2) is 11.5 Å². The van der Waals surface area contributed by atoms with E-state index in [2.05, 4.69) is 10.3 Å². The molecule has 0 fully saturated rings. The largest absolute Gasteiger partial charge is 0.493 e. The Kier molecular flexibility index (Phi) is 5.90. The van der Waals surface area contributed by atoms with Crippen LogP contribution >= 0.6 is 11.3 Å². The summed E-state index contributed by atoms with van der Waals surface area (Å²) in [6, 6.07) is 12.1. The first-order valence-electron chi connectivity index (χ1n) is 8.24. The number of nitrogens with one attached hydrogen (secondary N) is 1. The van der Waals surface area contributed by atoms with Gasteiger partial charge in [0.25, 0.3) is 5.91 Å². The van der Waals surface area contributed by atoms with Crippen LogP contribution in [0.3, 0.4) is 0 Å². The summed E-state index contributed by atoms with van der Waals surface area (Å²) in [6.07, 6.45) is 0. The maximum atomic E-state index is 12.6. The third kappa shape index (κ3) is 3.81. The first-order chi connectivity index (χ1) is 13.6. The Bertz CT molecular complexity index is 1020. The highest BCUT2D eigenvalue weighted by atomic mass is 32.1. The Balaban J connectivity index is 1.88. The Morgan fingerprint density at radius 3 is 2.50 bits per heavy atom. The minimum absolute atomic E-state index is 0.226. The molecule has 0 saturated heterocycles. The molecule has 0 radical (unpaired) electrons. The molecule has 1 heterocycles. The van der Waals surface area contributed by atoms with E-state index in [9.17, 15) is 9.59 Å². The molecule has 0 aliphatic carbocycles. The lowest BCUT2D eigenvalue weighted by molar-refractivity contribution is 0.0602. The van der Waals surface area contributed by atoms with E-state index < -0.39 is 11.9 Å². The first kappa shape index (κ1) is 19.4. The van der Waals surface area contributed by atoms with Crippen LogP contribution in [0.2, 0.25) is 0 Å². The van der Waals surface area contributed by atoms with Gasteiger partial charge >= 0.3 is 5.97 Å². The van der Waals surface area contributed by atoms with Crippen LogP contribution in [0.4, 0.5) is 5.69 Å². The van der Waals surface area contributed by atoms with Crippen LogP contribution in [-0.4, -0.2) is 38.2 Å². The molecular formula is C20H18N2O5S. The molecule has 0 saturated carbocycles. The van der Waals surface area contributed by atoms with E-state index in [1.54, 1.807) is 49.9 Å². The number of anilines is 1. The van der Waals surface area contributed by atoms with Gasteiger partial charge in [0.1, 0.15) is 10.7 Å². The number of aromatic nitrogens is 1. The van der Waals surface area contributed by atoms with Crippen molar-refractivity contribution in [1.29, 1.82) is 0 Å². The summed E-state index contributed by atoms with van der Waals surface area (Å²) in [5.74, 6) is 0.159. The number of carbonyl (C=O) groups is 2. The monoisotopic (exact) mass is 398 g/mol. The molecular weight excluding hydrogens is 380 g/mol. The molecule has 144 valence electrons. The van der Waals surface area contributed by atoms with Gasteiger partial charge in [-0.25, -0.2) is 9.78 Å². The average molecular weight is 398 g/mol. The summed E-state index contributed by atoms with van der Waals surface area (Å²) >= 11 is 1.31. The summed E-state index contributed by atoms with van der Waals surface area (Å²) in [6.45, 7) is 0. The Morgan fingerprint density at radius 1 is 1.00 bits per heavy atom. The molecule has 3 aromatic rings. The lowest BCUT2D eigenvalue weighted by Crippen LogP contribution is -2.15. The number of methoxy groups -OCH3 is 3. The molecule has 0 atom stereocenters. The molecule has 1 amide bonds. The highest BCUT2D eigenvalue weighted by Gasteiger charge is 2.19. The number of benzene rings is 2. The number of thiazole rings is 1. The van der Waals surface area contributed by atoms with Crippen molar-refractivity contribution in [3.8, 4) is 22.1 Å². The standard InChI is InChI=1S/C20H18N2O5S/c1-25-16-10-6-8-13(17(16)26-2)19-22-15(11-28-19)18(23)21-14-9-5-4-7-12(14)20(24)27-3/h4-11H,1-3H3,(H,21,23). The van der Waals surface area contributed by atoms with Crippen LogP contribution in [0.15, 0.2) is 47.8 Å². The van der Waals surface area contributed by atoms with Gasteiger partial charge in [-0.15, -0.1) is 11.3 Å². The number of rotatable bonds is 6. The number of hydrogen-bond donors (Lipinski definition) is 1. The first-order valence-corrected chi connectivity index (χ1v) is 9.12. The highest BCUT2D eigenvalue weighted by molar-refractivity contribution is 7.13. The summed E-state index contributed by atoms with van der Waals surface area (Å²) in [7, 11) is 4.39. The smallest absolute Gasteiger partial charge is 0.339 e. The zero-order chi connectivity index (χ0) is 20.1. The third-order valence-corrected chi connectivity index (χ3v) is 4.83. The Hall–Kier alpha value is -3.39. The van der Waals surface area contributed by atoms with E-state index in [0.717, 1.165) is 5.56 Å². The molecule has 0 unspecified atom stereocenters. The molecule has 0 aliphatic heterocycles. The van der Waals surface area contributed by atoms with Crippen molar-refractivity contribution < 1.29 is 23.8 Å². The van der Waals surface area contributed by atoms with Gasteiger partial charge in [0.2, 0.25) is 0 Å². The fourth-order valence-corrected chi connectivity index (χ4v) is 3.45. The number of ether oxygens (including phenoxy) is 3. The zero-order valence-electron chi connectivity index (χ0n) is 15.5. The van der Waals surface area contributed by atoms with Gasteiger partial charge in [-0.05, 0) is 24.3 Å². The van der Waals surface area contributed by atoms with Crippen molar-refractivity contribution in [1.82, 2.24) is 4.98 Å². The van der Waals surface area contributed by atoms with Crippen molar-refractivity contribution in [3.63, 3.8) is 0 Å². The summed E-state index contributed by atoms with van der Waals surface area (Å²) in [5, 5.41) is 4.96. The van der Waals surface area contributed by atoms with Crippen molar-refractivity contribution in [2.45, 2.75) is 0 Å². The van der Waals surface area contributed by atoms with Gasteiger partial charge in [0.05, 0.1) is 38.1 Å². The number of amides is 1. The summed E-state index contributed by atoms with van der Waals surface area (Å²) in [4.78, 5) is 28.9. The molecule has 1 N–H and O–H groups in total. The maximum Gasteiger partial charge on any atom is 0.339 e. The van der Waals surface area contributed by atoms with Crippen LogP contribution in [0.1, 0.15) is 20.8 Å². The van der Waals surface area contributed by atoms with Crippen LogP contribution in [0, 0.1) is 0 Å². The van der Waals surface area contributed by atoms with E-state index in [1.165, 1.54) is 18.4 Å². The predicted molar refractivity (Wildman–Crippen MR) is 106 cm³/mol. The van der Waals surface area contributed by atoms with E-state index in [0.29, 0.717) is 22.2 Å². The molecule has 28 heavy (non-hydrogen) atoms. The lowest BCUT2D eigenvalue weighted by Gasteiger charge is -2.10. The Labute approximate surface area is 165 Å². The van der Waals surface area contributed by atoms with Gasteiger partial charge in [0, 0.05) is 5.38 Å². The van der Waals surface area contributed by atoms with Crippen LogP contribution < -0.4 is 14.8 Å². The normalized spacial score (nSPS) is 10.2. The van der Waals surface area contributed by atoms with E-state index in [-0.39, 0.29) is 11.3 Å². The third-order valence-electron chi connectivity index (χ3n) is 3.95. The van der Waals surface area contributed by atoms with E-state index >= 15 is 0 Å². The van der Waals surface area contributed by atoms with E-state index in [1.807, 2.05) is 12.1 Å². The van der Waals surface area contributed by atoms with Gasteiger partial charge < -0.3 is 19.5 Å². The molecule has 7 nitrogen and oxygen atoms in total. The van der Waals surface area contributed by atoms with Gasteiger partial charge in [-0.1, -0.05) is 18.2 Å². The second-order valence-electron chi connectivity index (χ2n) is 5.57. The van der Waals surface area contributed by atoms with Crippen molar-refractivity contribution >= 4 is 28.9 Å². The number of nitrogens with zero attached hydrogens (tertiary/aromatic N) is 1. The minimum Gasteiger partial charge on any atom is -0.493 e. The second kappa shape index (κ2) is 8.53. The fraction of sp³-hybridized carbons (Fsp3) is 0.150.